The van der Waals surface area contributed by atoms with Crippen molar-refractivity contribution in [2.45, 2.75) is 5.50 Å². The van der Waals surface area contributed by atoms with E-state index in [1.807, 2.05) is 6.07 Å². The van der Waals surface area contributed by atoms with Gasteiger partial charge in [-0.15, -0.1) is 11.6 Å². The van der Waals surface area contributed by atoms with Gasteiger partial charge in [0.25, 0.3) is 0 Å². The summed E-state index contributed by atoms with van der Waals surface area (Å²) in [5.41, 5.74) is 3.59. The standard InChI is InChI=1S/C17H19ClN2/c18-17(20-12-10-19-11-13-20)16-9-5-4-8-15(16)14-6-2-1-3-7-14/h1-9,17,19H,10-13H2. The van der Waals surface area contributed by atoms with Gasteiger partial charge >= 0.3 is 0 Å². The van der Waals surface area contributed by atoms with Gasteiger partial charge in [0.1, 0.15) is 5.50 Å². The minimum absolute atomic E-state index is 0.0616. The normalized spacial score (nSPS) is 17.9. The molecule has 2 aromatic rings. The lowest BCUT2D eigenvalue weighted by atomic mass is 9.99. The summed E-state index contributed by atoms with van der Waals surface area (Å²) in [7, 11) is 0. The van der Waals surface area contributed by atoms with Crippen LogP contribution in [0.4, 0.5) is 0 Å². The van der Waals surface area contributed by atoms with E-state index in [1.165, 1.54) is 16.7 Å². The summed E-state index contributed by atoms with van der Waals surface area (Å²) in [6.07, 6.45) is 0. The summed E-state index contributed by atoms with van der Waals surface area (Å²) >= 11 is 6.74. The largest absolute Gasteiger partial charge is 0.314 e. The zero-order chi connectivity index (χ0) is 13.8. The fourth-order valence-electron chi connectivity index (χ4n) is 2.69. The monoisotopic (exact) mass is 286 g/mol. The molecule has 104 valence electrons. The maximum atomic E-state index is 6.74. The van der Waals surface area contributed by atoms with Crippen molar-refractivity contribution in [3.63, 3.8) is 0 Å². The van der Waals surface area contributed by atoms with Gasteiger partial charge < -0.3 is 5.32 Å². The second kappa shape index (κ2) is 6.40. The number of benzene rings is 2. The number of hydrogen-bond acceptors (Lipinski definition) is 2. The van der Waals surface area contributed by atoms with E-state index in [9.17, 15) is 0 Å². The molecule has 1 saturated heterocycles. The molecule has 0 amide bonds. The molecule has 1 N–H and O–H groups in total. The zero-order valence-corrected chi connectivity index (χ0v) is 12.2. The van der Waals surface area contributed by atoms with Crippen molar-refractivity contribution in [3.8, 4) is 11.1 Å². The number of piperazine rings is 1. The van der Waals surface area contributed by atoms with Gasteiger partial charge in [-0.1, -0.05) is 54.6 Å². The van der Waals surface area contributed by atoms with Gasteiger partial charge in [-0.05, 0) is 16.7 Å². The van der Waals surface area contributed by atoms with Gasteiger partial charge in [-0.25, -0.2) is 0 Å². The van der Waals surface area contributed by atoms with Crippen LogP contribution in [0.25, 0.3) is 11.1 Å². The van der Waals surface area contributed by atoms with Crippen molar-refractivity contribution < 1.29 is 0 Å². The lowest BCUT2D eigenvalue weighted by molar-refractivity contribution is 0.223. The van der Waals surface area contributed by atoms with Crippen LogP contribution in [0.1, 0.15) is 11.1 Å². The summed E-state index contributed by atoms with van der Waals surface area (Å²) in [6.45, 7) is 4.02. The predicted molar refractivity (Wildman–Crippen MR) is 84.9 cm³/mol. The molecule has 0 bridgehead atoms. The van der Waals surface area contributed by atoms with Gasteiger partial charge in [-0.2, -0.15) is 0 Å². The molecule has 0 spiro atoms. The Kier molecular flexibility index (Phi) is 4.36. The Morgan fingerprint density at radius 1 is 0.900 bits per heavy atom. The molecule has 1 aliphatic rings. The summed E-state index contributed by atoms with van der Waals surface area (Å²) in [6, 6.07) is 18.9. The van der Waals surface area contributed by atoms with Crippen molar-refractivity contribution in [2.24, 2.45) is 0 Å². The van der Waals surface area contributed by atoms with Crippen LogP contribution in [0, 0.1) is 0 Å². The summed E-state index contributed by atoms with van der Waals surface area (Å²) in [5, 5.41) is 3.37. The third-order valence-corrected chi connectivity index (χ3v) is 4.29. The molecule has 1 unspecified atom stereocenters. The number of nitrogens with one attached hydrogen (secondary N) is 1. The van der Waals surface area contributed by atoms with Crippen LogP contribution in [-0.2, 0) is 0 Å². The van der Waals surface area contributed by atoms with Crippen LogP contribution in [0.3, 0.4) is 0 Å². The molecule has 1 aliphatic heterocycles. The highest BCUT2D eigenvalue weighted by molar-refractivity contribution is 6.21. The van der Waals surface area contributed by atoms with Crippen LogP contribution >= 0.6 is 11.6 Å². The number of rotatable bonds is 3. The van der Waals surface area contributed by atoms with E-state index >= 15 is 0 Å². The maximum absolute atomic E-state index is 6.74. The van der Waals surface area contributed by atoms with E-state index < -0.39 is 0 Å². The van der Waals surface area contributed by atoms with Crippen LogP contribution in [0.5, 0.6) is 0 Å². The molecule has 2 nitrogen and oxygen atoms in total. The highest BCUT2D eigenvalue weighted by atomic mass is 35.5. The van der Waals surface area contributed by atoms with Crippen molar-refractivity contribution in [2.75, 3.05) is 26.2 Å². The van der Waals surface area contributed by atoms with Crippen LogP contribution in [0.15, 0.2) is 54.6 Å². The molecule has 1 fully saturated rings. The fraction of sp³-hybridized carbons (Fsp3) is 0.294. The SMILES string of the molecule is ClC(c1ccccc1-c1ccccc1)N1CCNCC1. The van der Waals surface area contributed by atoms with Gasteiger partial charge in [0, 0.05) is 26.2 Å². The second-order valence-electron chi connectivity index (χ2n) is 5.08. The van der Waals surface area contributed by atoms with Gasteiger partial charge in [-0.3, -0.25) is 4.90 Å². The Morgan fingerprint density at radius 2 is 1.55 bits per heavy atom. The minimum atomic E-state index is -0.0616. The minimum Gasteiger partial charge on any atom is -0.314 e. The van der Waals surface area contributed by atoms with Crippen molar-refractivity contribution in [1.82, 2.24) is 10.2 Å². The number of halogens is 1. The summed E-state index contributed by atoms with van der Waals surface area (Å²) in [4.78, 5) is 2.33. The Labute approximate surface area is 125 Å². The molecule has 2 aromatic carbocycles. The van der Waals surface area contributed by atoms with E-state index in [0.29, 0.717) is 0 Å². The number of alkyl halides is 1. The summed E-state index contributed by atoms with van der Waals surface area (Å²) in [5.74, 6) is 0. The Balaban J connectivity index is 1.93. The average Bonchev–Trinajstić information content (AvgIpc) is 2.56. The topological polar surface area (TPSA) is 15.3 Å². The smallest absolute Gasteiger partial charge is 0.111 e. The first-order chi connectivity index (χ1) is 9.86. The van der Waals surface area contributed by atoms with E-state index in [-0.39, 0.29) is 5.50 Å². The lowest BCUT2D eigenvalue weighted by Crippen LogP contribution is -2.44. The predicted octanol–water partition coefficient (Wildman–Crippen LogP) is 3.50. The summed E-state index contributed by atoms with van der Waals surface area (Å²) < 4.78 is 0. The molecule has 3 heteroatoms. The average molecular weight is 287 g/mol. The molecular formula is C17H19ClN2. The molecule has 3 rings (SSSR count). The van der Waals surface area contributed by atoms with Crippen LogP contribution in [0.2, 0.25) is 0 Å². The van der Waals surface area contributed by atoms with E-state index in [0.717, 1.165) is 26.2 Å². The Morgan fingerprint density at radius 3 is 2.30 bits per heavy atom. The van der Waals surface area contributed by atoms with Crippen molar-refractivity contribution in [3.05, 3.63) is 60.2 Å². The third-order valence-electron chi connectivity index (χ3n) is 3.77. The molecule has 0 saturated carbocycles. The van der Waals surface area contributed by atoms with Gasteiger partial charge in [0.2, 0.25) is 0 Å². The van der Waals surface area contributed by atoms with Gasteiger partial charge in [0.15, 0.2) is 0 Å². The highest BCUT2D eigenvalue weighted by Gasteiger charge is 2.22. The Bertz CT molecular complexity index is 550. The molecule has 1 heterocycles. The van der Waals surface area contributed by atoms with Crippen molar-refractivity contribution in [1.29, 1.82) is 0 Å². The van der Waals surface area contributed by atoms with Gasteiger partial charge in [0.05, 0.1) is 0 Å². The first kappa shape index (κ1) is 13.6. The quantitative estimate of drug-likeness (QED) is 0.686. The third kappa shape index (κ3) is 2.88. The second-order valence-corrected chi connectivity index (χ2v) is 5.49. The van der Waals surface area contributed by atoms with E-state index in [1.54, 1.807) is 0 Å². The Hall–Kier alpha value is -1.35. The highest BCUT2D eigenvalue weighted by Crippen LogP contribution is 2.33. The lowest BCUT2D eigenvalue weighted by Gasteiger charge is -2.32. The molecule has 1 atom stereocenters. The van der Waals surface area contributed by atoms with E-state index in [2.05, 4.69) is 58.7 Å². The number of hydrogen-bond donors (Lipinski definition) is 1. The first-order valence-electron chi connectivity index (χ1n) is 7.09. The van der Waals surface area contributed by atoms with E-state index in [4.69, 9.17) is 11.6 Å². The number of nitrogens with zero attached hydrogens (tertiary/aromatic N) is 1. The molecule has 20 heavy (non-hydrogen) atoms. The first-order valence-corrected chi connectivity index (χ1v) is 7.53. The molecular weight excluding hydrogens is 268 g/mol. The molecule has 0 radical (unpaired) electrons. The zero-order valence-electron chi connectivity index (χ0n) is 11.4. The molecule has 0 aromatic heterocycles. The van der Waals surface area contributed by atoms with Crippen LogP contribution in [-0.4, -0.2) is 31.1 Å². The van der Waals surface area contributed by atoms with Crippen LogP contribution < -0.4 is 5.32 Å². The fourth-order valence-corrected chi connectivity index (χ4v) is 3.08. The molecule has 0 aliphatic carbocycles. The van der Waals surface area contributed by atoms with Crippen molar-refractivity contribution >= 4 is 11.6 Å². The maximum Gasteiger partial charge on any atom is 0.111 e.